The Kier molecular flexibility index (Phi) is 3.99. The lowest BCUT2D eigenvalue weighted by atomic mass is 10.2. The number of halogens is 3. The van der Waals surface area contributed by atoms with Crippen LogP contribution in [0.1, 0.15) is 5.56 Å². The molecule has 0 aliphatic carbocycles. The fraction of sp³-hybridized carbons (Fsp3) is 0.0769. The molecule has 2 nitrogen and oxygen atoms in total. The van der Waals surface area contributed by atoms with Crippen LogP contribution < -0.4 is 0 Å². The van der Waals surface area contributed by atoms with E-state index in [1.54, 1.807) is 12.1 Å². The van der Waals surface area contributed by atoms with Gasteiger partial charge in [0.2, 0.25) is 0 Å². The van der Waals surface area contributed by atoms with E-state index < -0.39 is 5.82 Å². The van der Waals surface area contributed by atoms with E-state index in [1.165, 1.54) is 30.3 Å². The summed E-state index contributed by atoms with van der Waals surface area (Å²) in [6.07, 6.45) is 0. The molecule has 0 saturated heterocycles. The molecule has 0 spiro atoms. The zero-order valence-corrected chi connectivity index (χ0v) is 10.0. The summed E-state index contributed by atoms with van der Waals surface area (Å²) in [5, 5.41) is 7.77. The highest BCUT2D eigenvalue weighted by molar-refractivity contribution is 6.30. The van der Waals surface area contributed by atoms with E-state index >= 15 is 0 Å². The van der Waals surface area contributed by atoms with Gasteiger partial charge >= 0.3 is 0 Å². The third kappa shape index (κ3) is 3.11. The lowest BCUT2D eigenvalue weighted by Crippen LogP contribution is -1.88. The molecule has 0 atom stereocenters. The summed E-state index contributed by atoms with van der Waals surface area (Å²) in [6, 6.07) is 10.3. The molecule has 92 valence electrons. The molecular weight excluding hydrogens is 258 g/mol. The van der Waals surface area contributed by atoms with Crippen LogP contribution in [0.5, 0.6) is 0 Å². The molecule has 0 radical (unpaired) electrons. The second kappa shape index (κ2) is 5.69. The minimum Gasteiger partial charge on any atom is -0.207 e. The molecule has 0 unspecified atom stereocenters. The molecule has 0 fully saturated rings. The Morgan fingerprint density at radius 2 is 1.72 bits per heavy atom. The fourth-order valence-corrected chi connectivity index (χ4v) is 1.57. The molecule has 0 amide bonds. The second-order valence-corrected chi connectivity index (χ2v) is 4.00. The first-order valence-electron chi connectivity index (χ1n) is 5.23. The Hall–Kier alpha value is -1.81. The smallest absolute Gasteiger partial charge is 0.146 e. The largest absolute Gasteiger partial charge is 0.207 e. The molecule has 2 aromatic carbocycles. The molecule has 2 aromatic rings. The number of hydrogen-bond acceptors (Lipinski definition) is 2. The van der Waals surface area contributed by atoms with Gasteiger partial charge in [-0.2, -0.15) is 10.2 Å². The van der Waals surface area contributed by atoms with Crippen LogP contribution in [-0.4, -0.2) is 0 Å². The molecule has 0 N–H and O–H groups in total. The summed E-state index contributed by atoms with van der Waals surface area (Å²) in [7, 11) is 0. The maximum absolute atomic E-state index is 13.5. The molecule has 0 bridgehead atoms. The van der Waals surface area contributed by atoms with Crippen LogP contribution in [0.15, 0.2) is 52.7 Å². The Bertz CT molecular complexity index is 568. The lowest BCUT2D eigenvalue weighted by Gasteiger charge is -1.99. The highest BCUT2D eigenvalue weighted by Crippen LogP contribution is 2.19. The quantitative estimate of drug-likeness (QED) is 0.706. The van der Waals surface area contributed by atoms with Crippen LogP contribution in [0.2, 0.25) is 5.02 Å². The second-order valence-electron chi connectivity index (χ2n) is 3.59. The normalized spacial score (nSPS) is 11.1. The van der Waals surface area contributed by atoms with Crippen molar-refractivity contribution in [3.05, 3.63) is 64.7 Å². The zero-order chi connectivity index (χ0) is 13.0. The van der Waals surface area contributed by atoms with Gasteiger partial charge in [0.05, 0.1) is 17.3 Å². The number of benzene rings is 2. The topological polar surface area (TPSA) is 24.7 Å². The van der Waals surface area contributed by atoms with Gasteiger partial charge in [0.15, 0.2) is 0 Å². The van der Waals surface area contributed by atoms with Crippen molar-refractivity contribution in [1.82, 2.24) is 0 Å². The van der Waals surface area contributed by atoms with Gasteiger partial charge in [-0.3, -0.25) is 0 Å². The summed E-state index contributed by atoms with van der Waals surface area (Å²) in [6.45, 7) is 0.0871. The number of azo groups is 1. The third-order valence-corrected chi connectivity index (χ3v) is 2.58. The van der Waals surface area contributed by atoms with E-state index in [2.05, 4.69) is 10.2 Å². The van der Waals surface area contributed by atoms with Gasteiger partial charge in [-0.25, -0.2) is 8.78 Å². The van der Waals surface area contributed by atoms with Crippen LogP contribution >= 0.6 is 11.6 Å². The molecule has 5 heteroatoms. The molecule has 0 aliphatic rings. The van der Waals surface area contributed by atoms with Crippen LogP contribution in [0.25, 0.3) is 0 Å². The fourth-order valence-electron chi connectivity index (χ4n) is 1.37. The summed E-state index contributed by atoms with van der Waals surface area (Å²) in [5.41, 5.74) is 0.882. The van der Waals surface area contributed by atoms with E-state index in [-0.39, 0.29) is 17.4 Å². The van der Waals surface area contributed by atoms with Crippen LogP contribution in [0.4, 0.5) is 14.5 Å². The Labute approximate surface area is 108 Å². The Balaban J connectivity index is 2.07. The number of rotatable bonds is 3. The van der Waals surface area contributed by atoms with Crippen molar-refractivity contribution in [2.45, 2.75) is 6.54 Å². The minimum absolute atomic E-state index is 0.0597. The van der Waals surface area contributed by atoms with Crippen molar-refractivity contribution in [3.63, 3.8) is 0 Å². The van der Waals surface area contributed by atoms with Crippen molar-refractivity contribution in [3.8, 4) is 0 Å². The van der Waals surface area contributed by atoms with Crippen molar-refractivity contribution in [2.24, 2.45) is 10.2 Å². The van der Waals surface area contributed by atoms with E-state index in [1.807, 2.05) is 0 Å². The van der Waals surface area contributed by atoms with Gasteiger partial charge in [-0.15, -0.1) is 0 Å². The van der Waals surface area contributed by atoms with E-state index in [0.29, 0.717) is 11.3 Å². The average Bonchev–Trinajstić information content (AvgIpc) is 2.37. The summed E-state index contributed by atoms with van der Waals surface area (Å²) >= 11 is 5.64. The first-order chi connectivity index (χ1) is 8.66. The van der Waals surface area contributed by atoms with Gasteiger partial charge in [0, 0.05) is 5.56 Å². The Morgan fingerprint density at radius 1 is 1.00 bits per heavy atom. The van der Waals surface area contributed by atoms with E-state index in [9.17, 15) is 8.78 Å². The molecule has 0 saturated carbocycles. The highest BCUT2D eigenvalue weighted by atomic mass is 35.5. The monoisotopic (exact) mass is 266 g/mol. The highest BCUT2D eigenvalue weighted by Gasteiger charge is 2.04. The van der Waals surface area contributed by atoms with Gasteiger partial charge in [-0.1, -0.05) is 23.7 Å². The first kappa shape index (κ1) is 12.6. The van der Waals surface area contributed by atoms with Gasteiger partial charge < -0.3 is 0 Å². The van der Waals surface area contributed by atoms with Crippen molar-refractivity contribution < 1.29 is 8.78 Å². The third-order valence-electron chi connectivity index (χ3n) is 2.29. The first-order valence-corrected chi connectivity index (χ1v) is 5.60. The van der Waals surface area contributed by atoms with Crippen molar-refractivity contribution >= 4 is 17.3 Å². The summed E-state index contributed by atoms with van der Waals surface area (Å²) in [4.78, 5) is 0. The number of nitrogens with zero attached hydrogens (tertiary/aromatic N) is 2. The van der Waals surface area contributed by atoms with Gasteiger partial charge in [0.1, 0.15) is 11.6 Å². The van der Waals surface area contributed by atoms with Gasteiger partial charge in [-0.05, 0) is 30.3 Å². The molecule has 2 rings (SSSR count). The summed E-state index contributed by atoms with van der Waals surface area (Å²) in [5.74, 6) is -0.827. The van der Waals surface area contributed by atoms with Gasteiger partial charge in [0.25, 0.3) is 0 Å². The molecular formula is C13H9ClF2N2. The van der Waals surface area contributed by atoms with Crippen LogP contribution in [0.3, 0.4) is 0 Å². The summed E-state index contributed by atoms with van der Waals surface area (Å²) < 4.78 is 26.1. The van der Waals surface area contributed by atoms with Crippen molar-refractivity contribution in [1.29, 1.82) is 0 Å². The van der Waals surface area contributed by atoms with Crippen LogP contribution in [0, 0.1) is 11.6 Å². The molecule has 0 aliphatic heterocycles. The predicted molar refractivity (Wildman–Crippen MR) is 66.0 cm³/mol. The standard InChI is InChI=1S/C13H9ClF2N2/c14-12-3-1-2-9(13(12)16)8-17-18-11-6-4-10(15)5-7-11/h1-7H,8H2. The molecule has 0 aromatic heterocycles. The zero-order valence-electron chi connectivity index (χ0n) is 9.28. The number of hydrogen-bond donors (Lipinski definition) is 0. The van der Waals surface area contributed by atoms with E-state index in [4.69, 9.17) is 11.6 Å². The molecule has 18 heavy (non-hydrogen) atoms. The minimum atomic E-state index is -0.489. The van der Waals surface area contributed by atoms with Crippen molar-refractivity contribution in [2.75, 3.05) is 0 Å². The SMILES string of the molecule is Fc1ccc(N=NCc2cccc(Cl)c2F)cc1. The predicted octanol–water partition coefficient (Wildman–Crippen LogP) is 4.90. The van der Waals surface area contributed by atoms with E-state index in [0.717, 1.165) is 0 Å². The van der Waals surface area contributed by atoms with Crippen LogP contribution in [-0.2, 0) is 6.54 Å². The lowest BCUT2D eigenvalue weighted by molar-refractivity contribution is 0.609. The molecule has 0 heterocycles. The Morgan fingerprint density at radius 3 is 2.44 bits per heavy atom. The maximum atomic E-state index is 13.5. The maximum Gasteiger partial charge on any atom is 0.146 e. The average molecular weight is 267 g/mol.